The van der Waals surface area contributed by atoms with Gasteiger partial charge in [-0.1, -0.05) is 59.6 Å². The minimum atomic E-state index is -4.19. The molecule has 0 aliphatic heterocycles. The molecular weight excluding hydrogens is 435 g/mol. The van der Waals surface area contributed by atoms with Crippen LogP contribution in [0.3, 0.4) is 0 Å². The molecule has 0 saturated carbocycles. The highest BCUT2D eigenvalue weighted by atomic mass is 35.5. The second-order valence-electron chi connectivity index (χ2n) is 6.15. The minimum absolute atomic E-state index is 0.00978. The number of para-hydroxylation sites is 1. The molecule has 0 spiro atoms. The maximum atomic E-state index is 13.3. The number of fused-ring (bicyclic) bond motifs is 1. The fourth-order valence-corrected chi connectivity index (χ4v) is 5.41. The highest BCUT2D eigenvalue weighted by Gasteiger charge is 2.28. The van der Waals surface area contributed by atoms with Crippen LogP contribution >= 0.6 is 23.2 Å². The zero-order valence-electron chi connectivity index (χ0n) is 14.6. The van der Waals surface area contributed by atoms with Gasteiger partial charge in [-0.25, -0.2) is 4.79 Å². The molecule has 0 unspecified atom stereocenters. The third kappa shape index (κ3) is 3.27. The van der Waals surface area contributed by atoms with Crippen LogP contribution in [-0.4, -0.2) is 28.7 Å². The summed E-state index contributed by atoms with van der Waals surface area (Å²) >= 11 is 12.3. The SMILES string of the molecule is O=C(O)c1ccc(-c2nn(S(=O)(=O)c3c(Cl)cccc3Cl)c3ccccc23)cc1. The average molecular weight is 447 g/mol. The molecule has 0 aliphatic carbocycles. The molecule has 4 aromatic rings. The Morgan fingerprint density at radius 1 is 0.897 bits per heavy atom. The number of rotatable bonds is 4. The first kappa shape index (κ1) is 19.4. The third-order valence-electron chi connectivity index (χ3n) is 4.37. The molecule has 0 saturated heterocycles. The Morgan fingerprint density at radius 2 is 1.52 bits per heavy atom. The Morgan fingerprint density at radius 3 is 2.14 bits per heavy atom. The van der Waals surface area contributed by atoms with Crippen molar-refractivity contribution in [2.45, 2.75) is 4.90 Å². The maximum absolute atomic E-state index is 13.3. The van der Waals surface area contributed by atoms with Crippen molar-refractivity contribution in [3.8, 4) is 11.3 Å². The van der Waals surface area contributed by atoms with Crippen LogP contribution in [0.15, 0.2) is 71.6 Å². The third-order valence-corrected chi connectivity index (χ3v) is 6.91. The van der Waals surface area contributed by atoms with Crippen molar-refractivity contribution in [3.05, 3.63) is 82.3 Å². The van der Waals surface area contributed by atoms with E-state index in [9.17, 15) is 13.2 Å². The van der Waals surface area contributed by atoms with Crippen LogP contribution < -0.4 is 0 Å². The molecule has 0 bridgehead atoms. The molecule has 4 rings (SSSR count). The Bertz CT molecular complexity index is 1340. The van der Waals surface area contributed by atoms with Gasteiger partial charge >= 0.3 is 5.97 Å². The van der Waals surface area contributed by atoms with Gasteiger partial charge in [0.2, 0.25) is 0 Å². The van der Waals surface area contributed by atoms with E-state index in [1.165, 1.54) is 24.3 Å². The first-order valence-corrected chi connectivity index (χ1v) is 10.5. The van der Waals surface area contributed by atoms with Gasteiger partial charge in [-0.05, 0) is 30.3 Å². The second-order valence-corrected chi connectivity index (χ2v) is 8.67. The highest BCUT2D eigenvalue weighted by molar-refractivity contribution is 7.90. The first-order chi connectivity index (χ1) is 13.8. The van der Waals surface area contributed by atoms with Gasteiger partial charge in [0.25, 0.3) is 10.0 Å². The number of benzene rings is 3. The second kappa shape index (κ2) is 7.18. The summed E-state index contributed by atoms with van der Waals surface area (Å²) in [5, 5.41) is 14.0. The molecule has 0 aliphatic rings. The quantitative estimate of drug-likeness (QED) is 0.479. The van der Waals surface area contributed by atoms with E-state index in [0.29, 0.717) is 22.2 Å². The van der Waals surface area contributed by atoms with Crippen LogP contribution in [0.2, 0.25) is 10.0 Å². The summed E-state index contributed by atoms with van der Waals surface area (Å²) in [6.07, 6.45) is 0. The lowest BCUT2D eigenvalue weighted by molar-refractivity contribution is 0.0697. The summed E-state index contributed by atoms with van der Waals surface area (Å²) in [6.45, 7) is 0. The molecule has 3 aromatic carbocycles. The van der Waals surface area contributed by atoms with E-state index in [4.69, 9.17) is 28.3 Å². The fraction of sp³-hybridized carbons (Fsp3) is 0. The summed E-state index contributed by atoms with van der Waals surface area (Å²) in [5.41, 5.74) is 1.43. The van der Waals surface area contributed by atoms with Crippen LogP contribution in [0.5, 0.6) is 0 Å². The smallest absolute Gasteiger partial charge is 0.335 e. The van der Waals surface area contributed by atoms with Crippen LogP contribution in [0.25, 0.3) is 22.2 Å². The van der Waals surface area contributed by atoms with E-state index in [-0.39, 0.29) is 20.5 Å². The topological polar surface area (TPSA) is 89.3 Å². The normalized spacial score (nSPS) is 11.7. The lowest BCUT2D eigenvalue weighted by atomic mass is 10.1. The number of hydrogen-bond acceptors (Lipinski definition) is 4. The van der Waals surface area contributed by atoms with Crippen molar-refractivity contribution < 1.29 is 18.3 Å². The summed E-state index contributed by atoms with van der Waals surface area (Å²) in [7, 11) is -4.19. The Labute approximate surface area is 176 Å². The molecular formula is C20H12Cl2N2O4S. The highest BCUT2D eigenvalue weighted by Crippen LogP contribution is 2.34. The summed E-state index contributed by atoms with van der Waals surface area (Å²) < 4.78 is 27.6. The summed E-state index contributed by atoms with van der Waals surface area (Å²) in [6, 6.07) is 17.3. The van der Waals surface area contributed by atoms with Gasteiger partial charge in [0.05, 0.1) is 21.1 Å². The van der Waals surface area contributed by atoms with Gasteiger partial charge < -0.3 is 5.11 Å². The molecule has 0 atom stereocenters. The Kier molecular flexibility index (Phi) is 4.82. The van der Waals surface area contributed by atoms with Crippen LogP contribution in [0, 0.1) is 0 Å². The Balaban J connectivity index is 1.97. The van der Waals surface area contributed by atoms with Gasteiger partial charge in [0.1, 0.15) is 10.6 Å². The van der Waals surface area contributed by atoms with Crippen LogP contribution in [0.4, 0.5) is 0 Å². The zero-order chi connectivity index (χ0) is 20.8. The van der Waals surface area contributed by atoms with Crippen LogP contribution in [0.1, 0.15) is 10.4 Å². The van der Waals surface area contributed by atoms with Gasteiger partial charge in [-0.15, -0.1) is 0 Å². The number of hydrogen-bond donors (Lipinski definition) is 1. The zero-order valence-corrected chi connectivity index (χ0v) is 16.9. The largest absolute Gasteiger partial charge is 0.478 e. The monoisotopic (exact) mass is 446 g/mol. The van der Waals surface area contributed by atoms with Crippen molar-refractivity contribution in [1.29, 1.82) is 0 Å². The van der Waals surface area contributed by atoms with E-state index >= 15 is 0 Å². The van der Waals surface area contributed by atoms with Gasteiger partial charge in [0.15, 0.2) is 0 Å². The van der Waals surface area contributed by atoms with Gasteiger partial charge in [-0.2, -0.15) is 17.6 Å². The van der Waals surface area contributed by atoms with E-state index < -0.39 is 16.0 Å². The van der Waals surface area contributed by atoms with Crippen molar-refractivity contribution in [3.63, 3.8) is 0 Å². The molecule has 9 heteroatoms. The molecule has 1 heterocycles. The number of carboxylic acids is 1. The predicted molar refractivity (Wildman–Crippen MR) is 111 cm³/mol. The molecule has 29 heavy (non-hydrogen) atoms. The van der Waals surface area contributed by atoms with E-state index in [1.807, 2.05) is 0 Å². The number of aromatic carboxylic acids is 1. The van der Waals surface area contributed by atoms with E-state index in [2.05, 4.69) is 5.10 Å². The first-order valence-electron chi connectivity index (χ1n) is 8.32. The summed E-state index contributed by atoms with van der Waals surface area (Å²) in [5.74, 6) is -1.05. The number of nitrogens with zero attached hydrogens (tertiary/aromatic N) is 2. The van der Waals surface area contributed by atoms with Crippen molar-refractivity contribution in [2.24, 2.45) is 0 Å². The molecule has 146 valence electrons. The number of carboxylic acid groups (broad SMARTS) is 1. The lowest BCUT2D eigenvalue weighted by Crippen LogP contribution is -2.15. The molecule has 0 fully saturated rings. The molecule has 6 nitrogen and oxygen atoms in total. The standard InChI is InChI=1S/C20H12Cl2N2O4S/c21-15-5-3-6-16(22)19(15)29(27,28)24-17-7-2-1-4-14(17)18(23-24)12-8-10-13(11-9-12)20(25)26/h1-11H,(H,25,26). The molecule has 0 radical (unpaired) electrons. The van der Waals surface area contributed by atoms with E-state index in [0.717, 1.165) is 4.09 Å². The van der Waals surface area contributed by atoms with Gasteiger partial charge in [-0.3, -0.25) is 0 Å². The number of aromatic nitrogens is 2. The summed E-state index contributed by atoms with van der Waals surface area (Å²) in [4.78, 5) is 10.9. The predicted octanol–water partition coefficient (Wildman–Crippen LogP) is 4.95. The molecule has 1 N–H and O–H groups in total. The van der Waals surface area contributed by atoms with Crippen LogP contribution in [-0.2, 0) is 10.0 Å². The van der Waals surface area contributed by atoms with Crippen molar-refractivity contribution in [1.82, 2.24) is 9.19 Å². The van der Waals surface area contributed by atoms with E-state index in [1.54, 1.807) is 42.5 Å². The Hall–Kier alpha value is -2.87. The van der Waals surface area contributed by atoms with Crippen molar-refractivity contribution in [2.75, 3.05) is 0 Å². The molecule has 0 amide bonds. The number of carbonyl (C=O) groups is 1. The molecule has 1 aromatic heterocycles. The average Bonchev–Trinajstić information content (AvgIpc) is 3.08. The van der Waals surface area contributed by atoms with Gasteiger partial charge in [0, 0.05) is 10.9 Å². The lowest BCUT2D eigenvalue weighted by Gasteiger charge is -2.09. The maximum Gasteiger partial charge on any atom is 0.335 e. The fourth-order valence-electron chi connectivity index (χ4n) is 3.02. The number of halogens is 2. The minimum Gasteiger partial charge on any atom is -0.478 e. The van der Waals surface area contributed by atoms with Crippen molar-refractivity contribution >= 4 is 50.1 Å².